The fourth-order valence-electron chi connectivity index (χ4n) is 2.66. The van der Waals surface area contributed by atoms with Crippen molar-refractivity contribution >= 4 is 14.0 Å². The lowest BCUT2D eigenvalue weighted by Gasteiger charge is -2.36. The molecule has 6 heteroatoms. The fraction of sp³-hybridized carbons (Fsp3) is 0.600. The first-order valence-corrected chi connectivity index (χ1v) is 8.87. The van der Waals surface area contributed by atoms with Gasteiger partial charge in [-0.2, -0.15) is 0 Å². The molecule has 1 heterocycles. The van der Waals surface area contributed by atoms with E-state index >= 15 is 0 Å². The van der Waals surface area contributed by atoms with Gasteiger partial charge in [0.05, 0.1) is 6.61 Å². The van der Waals surface area contributed by atoms with Gasteiger partial charge in [0, 0.05) is 45.4 Å². The van der Waals surface area contributed by atoms with Crippen molar-refractivity contribution in [2.75, 3.05) is 21.3 Å². The Morgan fingerprint density at radius 3 is 2.43 bits per heavy atom. The normalized spacial score (nSPS) is 21.8. The smallest absolute Gasteiger partial charge is 0.462 e. The number of rotatable bonds is 6. The summed E-state index contributed by atoms with van der Waals surface area (Å²) in [6, 6.07) is 5.88. The van der Waals surface area contributed by atoms with Crippen LogP contribution in [0.25, 0.3) is 0 Å². The largest absolute Gasteiger partial charge is 0.536 e. The maximum atomic E-state index is 6.00. The van der Waals surface area contributed by atoms with Crippen molar-refractivity contribution < 1.29 is 22.8 Å². The zero-order valence-electron chi connectivity index (χ0n) is 13.4. The molecule has 0 bridgehead atoms. The van der Waals surface area contributed by atoms with E-state index in [0.29, 0.717) is 6.61 Å². The Bertz CT molecular complexity index is 481. The van der Waals surface area contributed by atoms with Crippen LogP contribution in [-0.2, 0) is 24.6 Å². The summed E-state index contributed by atoms with van der Waals surface area (Å²) in [5.74, 6) is 0.314. The van der Waals surface area contributed by atoms with E-state index in [1.54, 1.807) is 21.3 Å². The highest BCUT2D eigenvalue weighted by atomic mass is 28.4. The summed E-state index contributed by atoms with van der Waals surface area (Å²) in [6.45, 7) is 4.61. The standard InChI is InChI=1S/C15H24O5Si/c1-6-9-15(2)19-11-12-10-13(7-8-14(12)20-15)21(16-3,17-4)18-5/h7-8,10H,6,9,11H2,1-5H3. The predicted octanol–water partition coefficient (Wildman–Crippen LogP) is 2.20. The Balaban J connectivity index is 2.30. The number of hydrogen-bond acceptors (Lipinski definition) is 5. The summed E-state index contributed by atoms with van der Waals surface area (Å²) in [6.07, 6.45) is 1.87. The lowest BCUT2D eigenvalue weighted by atomic mass is 10.1. The van der Waals surface area contributed by atoms with E-state index in [-0.39, 0.29) is 0 Å². The first kappa shape index (κ1) is 16.4. The second kappa shape index (κ2) is 6.45. The first-order chi connectivity index (χ1) is 10.0. The number of hydrogen-bond donors (Lipinski definition) is 0. The summed E-state index contributed by atoms with van der Waals surface area (Å²) in [5, 5.41) is 0.903. The van der Waals surface area contributed by atoms with Crippen LogP contribution in [0.2, 0.25) is 0 Å². The average molecular weight is 312 g/mol. The molecule has 0 fully saturated rings. The lowest BCUT2D eigenvalue weighted by molar-refractivity contribution is -0.197. The molecule has 0 radical (unpaired) electrons. The number of ether oxygens (including phenoxy) is 2. The maximum absolute atomic E-state index is 6.00. The van der Waals surface area contributed by atoms with Gasteiger partial charge in [-0.3, -0.25) is 0 Å². The molecule has 1 unspecified atom stereocenters. The van der Waals surface area contributed by atoms with Crippen molar-refractivity contribution in [2.45, 2.75) is 39.1 Å². The first-order valence-electron chi connectivity index (χ1n) is 7.14. The van der Waals surface area contributed by atoms with Crippen molar-refractivity contribution in [1.82, 2.24) is 0 Å². The molecule has 1 aliphatic heterocycles. The Morgan fingerprint density at radius 2 is 1.86 bits per heavy atom. The molecule has 1 aromatic rings. The van der Waals surface area contributed by atoms with Crippen LogP contribution in [0.4, 0.5) is 0 Å². The Labute approximate surface area is 127 Å². The van der Waals surface area contributed by atoms with Crippen LogP contribution in [-0.4, -0.2) is 35.9 Å². The Hall–Kier alpha value is -0.923. The molecule has 21 heavy (non-hydrogen) atoms. The molecule has 0 aliphatic carbocycles. The Morgan fingerprint density at radius 1 is 1.19 bits per heavy atom. The second-order valence-electron chi connectivity index (χ2n) is 5.27. The van der Waals surface area contributed by atoms with Gasteiger partial charge in [-0.05, 0) is 18.6 Å². The van der Waals surface area contributed by atoms with Gasteiger partial charge in [0.25, 0.3) is 0 Å². The van der Waals surface area contributed by atoms with Gasteiger partial charge in [0.2, 0.25) is 5.79 Å². The predicted molar refractivity (Wildman–Crippen MR) is 81.6 cm³/mol. The average Bonchev–Trinajstić information content (AvgIpc) is 2.50. The molecule has 0 N–H and O–H groups in total. The third-order valence-electron chi connectivity index (χ3n) is 3.78. The summed E-state index contributed by atoms with van der Waals surface area (Å²) < 4.78 is 28.4. The van der Waals surface area contributed by atoms with Crippen molar-refractivity contribution in [2.24, 2.45) is 0 Å². The van der Waals surface area contributed by atoms with Gasteiger partial charge < -0.3 is 22.8 Å². The maximum Gasteiger partial charge on any atom is 0.536 e. The van der Waals surface area contributed by atoms with Crippen LogP contribution in [0.3, 0.4) is 0 Å². The van der Waals surface area contributed by atoms with Crippen LogP contribution in [0.15, 0.2) is 18.2 Å². The summed E-state index contributed by atoms with van der Waals surface area (Å²) >= 11 is 0. The zero-order valence-corrected chi connectivity index (χ0v) is 14.4. The van der Waals surface area contributed by atoms with Crippen LogP contribution in [0.5, 0.6) is 5.75 Å². The molecule has 0 spiro atoms. The molecule has 1 aromatic carbocycles. The highest BCUT2D eigenvalue weighted by Gasteiger charge is 2.42. The molecule has 118 valence electrons. The number of benzene rings is 1. The van der Waals surface area contributed by atoms with Crippen LogP contribution in [0, 0.1) is 0 Å². The van der Waals surface area contributed by atoms with Gasteiger partial charge in [0.1, 0.15) is 5.75 Å². The monoisotopic (exact) mass is 312 g/mol. The van der Waals surface area contributed by atoms with E-state index in [0.717, 1.165) is 29.3 Å². The SMILES string of the molecule is CCCC1(C)OCc2cc([Si](OC)(OC)OC)ccc2O1. The van der Waals surface area contributed by atoms with Gasteiger partial charge in [-0.25, -0.2) is 0 Å². The zero-order chi connectivity index (χ0) is 15.5. The summed E-state index contributed by atoms with van der Waals surface area (Å²) in [5.41, 5.74) is 0.990. The van der Waals surface area contributed by atoms with Gasteiger partial charge in [-0.15, -0.1) is 0 Å². The molecule has 1 atom stereocenters. The van der Waals surface area contributed by atoms with E-state index < -0.39 is 14.6 Å². The molecule has 0 saturated carbocycles. The van der Waals surface area contributed by atoms with Crippen molar-refractivity contribution in [1.29, 1.82) is 0 Å². The third-order valence-corrected chi connectivity index (χ3v) is 6.41. The number of fused-ring (bicyclic) bond motifs is 1. The Kier molecular flexibility index (Phi) is 5.06. The van der Waals surface area contributed by atoms with E-state index in [4.69, 9.17) is 22.8 Å². The molecule has 0 saturated heterocycles. The van der Waals surface area contributed by atoms with Gasteiger partial charge >= 0.3 is 8.80 Å². The second-order valence-corrected chi connectivity index (χ2v) is 8.18. The van der Waals surface area contributed by atoms with E-state index in [1.807, 2.05) is 25.1 Å². The van der Waals surface area contributed by atoms with E-state index in [9.17, 15) is 0 Å². The van der Waals surface area contributed by atoms with Crippen molar-refractivity contribution in [3.8, 4) is 5.75 Å². The minimum Gasteiger partial charge on any atom is -0.462 e. The molecule has 5 nitrogen and oxygen atoms in total. The minimum absolute atomic E-state index is 0.515. The minimum atomic E-state index is -2.81. The molecular formula is C15H24O5Si. The summed E-state index contributed by atoms with van der Waals surface area (Å²) in [4.78, 5) is 0. The van der Waals surface area contributed by atoms with Gasteiger partial charge in [0.15, 0.2) is 0 Å². The fourth-order valence-corrected chi connectivity index (χ4v) is 4.50. The quantitative estimate of drug-likeness (QED) is 0.754. The molecular weight excluding hydrogens is 288 g/mol. The van der Waals surface area contributed by atoms with Crippen molar-refractivity contribution in [3.05, 3.63) is 23.8 Å². The molecule has 1 aliphatic rings. The molecule has 0 amide bonds. The highest BCUT2D eigenvalue weighted by Crippen LogP contribution is 2.33. The summed E-state index contributed by atoms with van der Waals surface area (Å²) in [7, 11) is 1.99. The van der Waals surface area contributed by atoms with Crippen LogP contribution >= 0.6 is 0 Å². The third kappa shape index (κ3) is 3.14. The van der Waals surface area contributed by atoms with Crippen LogP contribution < -0.4 is 9.92 Å². The molecule has 2 rings (SSSR count). The lowest BCUT2D eigenvalue weighted by Crippen LogP contribution is -2.55. The highest BCUT2D eigenvalue weighted by molar-refractivity contribution is 6.75. The van der Waals surface area contributed by atoms with Crippen molar-refractivity contribution in [3.63, 3.8) is 0 Å². The van der Waals surface area contributed by atoms with Crippen LogP contribution in [0.1, 0.15) is 32.3 Å². The van der Waals surface area contributed by atoms with E-state index in [1.165, 1.54) is 0 Å². The van der Waals surface area contributed by atoms with Gasteiger partial charge in [-0.1, -0.05) is 13.0 Å². The molecule has 0 aromatic heterocycles. The topological polar surface area (TPSA) is 46.2 Å². The van der Waals surface area contributed by atoms with E-state index in [2.05, 4.69) is 6.92 Å².